The second-order valence-electron chi connectivity index (χ2n) is 5.99. The van der Waals surface area contributed by atoms with Gasteiger partial charge in [0.15, 0.2) is 0 Å². The van der Waals surface area contributed by atoms with Crippen LogP contribution in [0.2, 0.25) is 0 Å². The molecule has 2 aromatic carbocycles. The number of anilines is 1. The highest BCUT2D eigenvalue weighted by Crippen LogP contribution is 2.41. The molecule has 1 atom stereocenters. The Morgan fingerprint density at radius 2 is 2.00 bits per heavy atom. The van der Waals surface area contributed by atoms with Crippen molar-refractivity contribution >= 4 is 11.7 Å². The monoisotopic (exact) mass is 339 g/mol. The van der Waals surface area contributed by atoms with Gasteiger partial charge in [-0.25, -0.2) is 9.18 Å². The molecule has 5 nitrogen and oxygen atoms in total. The van der Waals surface area contributed by atoms with Crippen LogP contribution in [0.25, 0.3) is 0 Å². The van der Waals surface area contributed by atoms with E-state index in [1.54, 1.807) is 7.11 Å². The van der Waals surface area contributed by atoms with Crippen molar-refractivity contribution in [3.05, 3.63) is 59.4 Å². The summed E-state index contributed by atoms with van der Waals surface area (Å²) in [5, 5.41) is 14.6. The van der Waals surface area contributed by atoms with Crippen molar-refractivity contribution in [3.63, 3.8) is 0 Å². The molecule has 1 fully saturated rings. The number of hydrogen-bond acceptors (Lipinski definition) is 3. The maximum Gasteiger partial charge on any atom is 0.319 e. The summed E-state index contributed by atoms with van der Waals surface area (Å²) >= 11 is 0. The summed E-state index contributed by atoms with van der Waals surface area (Å²) < 4.78 is 18.3. The third kappa shape index (κ3) is 4.07. The Morgan fingerprint density at radius 1 is 1.28 bits per heavy atom. The molecule has 0 spiro atoms. The lowest BCUT2D eigenvalue weighted by molar-refractivity contribution is 0.247. The number of nitrogens with one attached hydrogen (secondary N) is 2. The molecule has 0 aliphatic heterocycles. The number of rotatable bonds is 5. The summed E-state index contributed by atoms with van der Waals surface area (Å²) in [6.07, 6.45) is 2.11. The zero-order valence-corrected chi connectivity index (χ0v) is 13.8. The summed E-state index contributed by atoms with van der Waals surface area (Å²) in [6.45, 7) is 0. The fourth-order valence-electron chi connectivity index (χ4n) is 2.73. The van der Waals surface area contributed by atoms with E-state index in [4.69, 9.17) is 10.00 Å². The largest absolute Gasteiger partial charge is 0.497 e. The fourth-order valence-corrected chi connectivity index (χ4v) is 2.73. The maximum absolute atomic E-state index is 13.2. The number of halogens is 1. The normalized spacial score (nSPS) is 14.3. The molecule has 2 aromatic rings. The van der Waals surface area contributed by atoms with Crippen LogP contribution in [-0.2, 0) is 0 Å². The van der Waals surface area contributed by atoms with Gasteiger partial charge in [-0.1, -0.05) is 12.1 Å². The van der Waals surface area contributed by atoms with Crippen molar-refractivity contribution in [2.24, 2.45) is 5.92 Å². The van der Waals surface area contributed by atoms with Crippen molar-refractivity contribution in [2.75, 3.05) is 12.4 Å². The quantitative estimate of drug-likeness (QED) is 0.865. The molecule has 0 saturated heterocycles. The SMILES string of the molecule is COc1ccc(C(NC(=O)Nc2ccc(F)cc2C#N)C2CC2)cc1. The van der Waals surface area contributed by atoms with Gasteiger partial charge in [0.25, 0.3) is 0 Å². The second-order valence-corrected chi connectivity index (χ2v) is 5.99. The molecular weight excluding hydrogens is 321 g/mol. The van der Waals surface area contributed by atoms with Gasteiger partial charge in [0.2, 0.25) is 0 Å². The first-order valence-corrected chi connectivity index (χ1v) is 8.02. The molecule has 2 amide bonds. The van der Waals surface area contributed by atoms with Crippen LogP contribution in [0, 0.1) is 23.1 Å². The molecule has 128 valence electrons. The number of hydrogen-bond donors (Lipinski definition) is 2. The number of methoxy groups -OCH3 is 1. The van der Waals surface area contributed by atoms with Crippen LogP contribution in [0.15, 0.2) is 42.5 Å². The molecule has 0 radical (unpaired) electrons. The molecule has 1 aliphatic carbocycles. The first-order valence-electron chi connectivity index (χ1n) is 8.02. The van der Waals surface area contributed by atoms with Crippen molar-refractivity contribution in [3.8, 4) is 11.8 Å². The van der Waals surface area contributed by atoms with Crippen molar-refractivity contribution < 1.29 is 13.9 Å². The summed E-state index contributed by atoms with van der Waals surface area (Å²) in [6, 6.07) is 12.6. The summed E-state index contributed by atoms with van der Waals surface area (Å²) in [5.74, 6) is 0.632. The van der Waals surface area contributed by atoms with Gasteiger partial charge in [-0.3, -0.25) is 0 Å². The number of ether oxygens (including phenoxy) is 1. The highest BCUT2D eigenvalue weighted by Gasteiger charge is 2.33. The minimum absolute atomic E-state index is 0.0857. The van der Waals surface area contributed by atoms with Gasteiger partial charge in [0.05, 0.1) is 24.4 Å². The lowest BCUT2D eigenvalue weighted by atomic mass is 10.0. The van der Waals surface area contributed by atoms with E-state index in [9.17, 15) is 9.18 Å². The van der Waals surface area contributed by atoms with Crippen LogP contribution in [-0.4, -0.2) is 13.1 Å². The van der Waals surface area contributed by atoms with E-state index in [1.165, 1.54) is 12.1 Å². The molecule has 6 heteroatoms. The molecule has 1 unspecified atom stereocenters. The number of carbonyl (C=O) groups is 1. The zero-order valence-electron chi connectivity index (χ0n) is 13.8. The third-order valence-electron chi connectivity index (χ3n) is 4.21. The zero-order chi connectivity index (χ0) is 17.8. The lowest BCUT2D eigenvalue weighted by Gasteiger charge is -2.20. The van der Waals surface area contributed by atoms with Crippen molar-refractivity contribution in [1.82, 2.24) is 5.32 Å². The molecular formula is C19H18FN3O2. The fraction of sp³-hybridized carbons (Fsp3) is 0.263. The van der Waals surface area contributed by atoms with E-state index in [0.29, 0.717) is 5.92 Å². The Balaban J connectivity index is 1.72. The molecule has 0 aromatic heterocycles. The minimum atomic E-state index is -0.517. The van der Waals surface area contributed by atoms with E-state index < -0.39 is 11.8 Å². The highest BCUT2D eigenvalue weighted by molar-refractivity contribution is 5.91. The highest BCUT2D eigenvalue weighted by atomic mass is 19.1. The van der Waals surface area contributed by atoms with Gasteiger partial charge in [0.1, 0.15) is 17.6 Å². The predicted molar refractivity (Wildman–Crippen MR) is 91.7 cm³/mol. The van der Waals surface area contributed by atoms with E-state index >= 15 is 0 Å². The summed E-state index contributed by atoms with van der Waals surface area (Å²) in [5.41, 5.74) is 1.37. The number of carbonyl (C=O) groups excluding carboxylic acids is 1. The Morgan fingerprint density at radius 3 is 2.60 bits per heavy atom. The molecule has 0 bridgehead atoms. The Bertz CT molecular complexity index is 810. The number of amides is 2. The van der Waals surface area contributed by atoms with Crippen LogP contribution < -0.4 is 15.4 Å². The minimum Gasteiger partial charge on any atom is -0.497 e. The van der Waals surface area contributed by atoms with Gasteiger partial charge in [0, 0.05) is 0 Å². The standard InChI is InChI=1S/C19H18FN3O2/c1-25-16-7-4-13(5-8-16)18(12-2-3-12)23-19(24)22-17-9-6-15(20)10-14(17)11-21/h4-10,12,18H,2-3H2,1H3,(H2,22,23,24). The van der Waals surface area contributed by atoms with E-state index in [1.807, 2.05) is 30.3 Å². The third-order valence-corrected chi connectivity index (χ3v) is 4.21. The molecule has 2 N–H and O–H groups in total. The van der Waals surface area contributed by atoms with Crippen LogP contribution >= 0.6 is 0 Å². The molecule has 25 heavy (non-hydrogen) atoms. The Kier molecular flexibility index (Phi) is 4.85. The number of urea groups is 1. The first kappa shape index (κ1) is 16.8. The summed E-state index contributed by atoms with van der Waals surface area (Å²) in [7, 11) is 1.61. The number of nitrogens with zero attached hydrogens (tertiary/aromatic N) is 1. The van der Waals surface area contributed by atoms with Gasteiger partial charge >= 0.3 is 6.03 Å². The Labute approximate surface area is 145 Å². The van der Waals surface area contributed by atoms with Crippen molar-refractivity contribution in [1.29, 1.82) is 5.26 Å². The van der Waals surface area contributed by atoms with Crippen LogP contribution in [0.1, 0.15) is 30.0 Å². The molecule has 1 saturated carbocycles. The second kappa shape index (κ2) is 7.22. The first-order chi connectivity index (χ1) is 12.1. The summed E-state index contributed by atoms with van der Waals surface area (Å²) in [4.78, 5) is 12.4. The van der Waals surface area contributed by atoms with E-state index in [-0.39, 0.29) is 17.3 Å². The topological polar surface area (TPSA) is 74.2 Å². The number of benzene rings is 2. The molecule has 3 rings (SSSR count). The lowest BCUT2D eigenvalue weighted by Crippen LogP contribution is -2.33. The van der Waals surface area contributed by atoms with Gasteiger partial charge in [-0.05, 0) is 54.7 Å². The predicted octanol–water partition coefficient (Wildman–Crippen LogP) is 3.98. The van der Waals surface area contributed by atoms with E-state index in [0.717, 1.165) is 30.2 Å². The van der Waals surface area contributed by atoms with Gasteiger partial charge < -0.3 is 15.4 Å². The van der Waals surface area contributed by atoms with E-state index in [2.05, 4.69) is 10.6 Å². The smallest absolute Gasteiger partial charge is 0.319 e. The van der Waals surface area contributed by atoms with Crippen LogP contribution in [0.5, 0.6) is 5.75 Å². The van der Waals surface area contributed by atoms with Gasteiger partial charge in [-0.15, -0.1) is 0 Å². The van der Waals surface area contributed by atoms with Gasteiger partial charge in [-0.2, -0.15) is 5.26 Å². The average molecular weight is 339 g/mol. The maximum atomic E-state index is 13.2. The van der Waals surface area contributed by atoms with Crippen molar-refractivity contribution in [2.45, 2.75) is 18.9 Å². The molecule has 1 aliphatic rings. The Hall–Kier alpha value is -3.07. The average Bonchev–Trinajstić information content (AvgIpc) is 3.46. The van der Waals surface area contributed by atoms with Crippen LogP contribution in [0.3, 0.4) is 0 Å². The molecule has 0 heterocycles. The van der Waals surface area contributed by atoms with Crippen LogP contribution in [0.4, 0.5) is 14.9 Å². The number of nitriles is 1.